The molecule has 5 nitrogen and oxygen atoms in total. The fourth-order valence-corrected chi connectivity index (χ4v) is 2.48. The quantitative estimate of drug-likeness (QED) is 0.829. The molecule has 0 spiro atoms. The minimum Gasteiger partial charge on any atom is -0.481 e. The van der Waals surface area contributed by atoms with Crippen LogP contribution in [-0.4, -0.2) is 26.9 Å². The van der Waals surface area contributed by atoms with Gasteiger partial charge in [-0.05, 0) is 17.7 Å². The first-order chi connectivity index (χ1) is 7.90. The summed E-state index contributed by atoms with van der Waals surface area (Å²) >= 11 is 5.86. The zero-order valence-corrected chi connectivity index (χ0v) is 10.3. The van der Waals surface area contributed by atoms with E-state index in [-0.39, 0.29) is 16.3 Å². The molecule has 3 N–H and O–H groups in total. The summed E-state index contributed by atoms with van der Waals surface area (Å²) < 4.78 is 11.4. The van der Waals surface area contributed by atoms with Gasteiger partial charge in [0.15, 0.2) is 0 Å². The molecule has 0 aliphatic heterocycles. The van der Waals surface area contributed by atoms with Crippen molar-refractivity contribution in [2.45, 2.75) is 5.75 Å². The first kappa shape index (κ1) is 13.7. The van der Waals surface area contributed by atoms with Crippen molar-refractivity contribution in [2.24, 2.45) is 5.73 Å². The Kier molecular flexibility index (Phi) is 4.65. The van der Waals surface area contributed by atoms with E-state index >= 15 is 0 Å². The van der Waals surface area contributed by atoms with Gasteiger partial charge in [0.2, 0.25) is 5.91 Å². The van der Waals surface area contributed by atoms with Crippen LogP contribution >= 0.6 is 11.6 Å². The number of nitrogens with two attached hydrogens (primary N) is 1. The highest BCUT2D eigenvalue weighted by Crippen LogP contribution is 2.19. The molecule has 0 aliphatic rings. The second kappa shape index (κ2) is 5.79. The Labute approximate surface area is 105 Å². The molecule has 1 rings (SSSR count). The second-order valence-electron chi connectivity index (χ2n) is 3.29. The zero-order valence-electron chi connectivity index (χ0n) is 8.68. The van der Waals surface area contributed by atoms with Crippen LogP contribution in [0.1, 0.15) is 15.9 Å². The monoisotopic (exact) mass is 275 g/mol. The van der Waals surface area contributed by atoms with Crippen molar-refractivity contribution in [3.05, 3.63) is 34.3 Å². The fourth-order valence-electron chi connectivity index (χ4n) is 1.18. The Morgan fingerprint density at radius 2 is 2.06 bits per heavy atom. The van der Waals surface area contributed by atoms with Crippen LogP contribution in [0.2, 0.25) is 5.02 Å². The molecule has 1 amide bonds. The van der Waals surface area contributed by atoms with Gasteiger partial charge in [0.05, 0.1) is 5.75 Å². The van der Waals surface area contributed by atoms with Crippen molar-refractivity contribution in [1.29, 1.82) is 0 Å². The topological polar surface area (TPSA) is 97.5 Å². The maximum absolute atomic E-state index is 11.4. The summed E-state index contributed by atoms with van der Waals surface area (Å²) in [6, 6.07) is 4.35. The van der Waals surface area contributed by atoms with Crippen LogP contribution in [0, 0.1) is 0 Å². The van der Waals surface area contributed by atoms with Gasteiger partial charge in [0.25, 0.3) is 0 Å². The average molecular weight is 276 g/mol. The van der Waals surface area contributed by atoms with E-state index in [9.17, 15) is 13.8 Å². The van der Waals surface area contributed by atoms with Gasteiger partial charge in [-0.1, -0.05) is 17.7 Å². The molecule has 1 unspecified atom stereocenters. The molecule has 0 bridgehead atoms. The number of amides is 1. The largest absolute Gasteiger partial charge is 0.481 e. The van der Waals surface area contributed by atoms with E-state index in [1.165, 1.54) is 18.2 Å². The van der Waals surface area contributed by atoms with Crippen LogP contribution in [0.15, 0.2) is 18.2 Å². The number of carbonyl (C=O) groups excluding carboxylic acids is 1. The van der Waals surface area contributed by atoms with Gasteiger partial charge in [0.1, 0.15) is 5.75 Å². The molecule has 0 heterocycles. The first-order valence-electron chi connectivity index (χ1n) is 4.55. The fraction of sp³-hybridized carbons (Fsp3) is 0.200. The molecule has 0 aromatic heterocycles. The van der Waals surface area contributed by atoms with Crippen molar-refractivity contribution < 1.29 is 18.9 Å². The standard InChI is InChI=1S/C10H10ClNO4S/c11-8-3-6(10(12)15)1-2-7(8)4-17(16)5-9(13)14/h1-3H,4-5H2,(H2,12,15)(H,13,14). The van der Waals surface area contributed by atoms with Gasteiger partial charge in [0, 0.05) is 21.4 Å². The van der Waals surface area contributed by atoms with E-state index in [2.05, 4.69) is 0 Å². The number of hydrogen-bond acceptors (Lipinski definition) is 3. The molecule has 0 saturated heterocycles. The van der Waals surface area contributed by atoms with Crippen molar-refractivity contribution in [2.75, 3.05) is 5.75 Å². The lowest BCUT2D eigenvalue weighted by atomic mass is 10.1. The van der Waals surface area contributed by atoms with Gasteiger partial charge in [-0.2, -0.15) is 0 Å². The van der Waals surface area contributed by atoms with Crippen molar-refractivity contribution >= 4 is 34.3 Å². The Morgan fingerprint density at radius 1 is 1.41 bits per heavy atom. The minimum atomic E-state index is -1.53. The summed E-state index contributed by atoms with van der Waals surface area (Å²) in [6.07, 6.45) is 0. The molecular formula is C10H10ClNO4S. The molecule has 0 fully saturated rings. The average Bonchev–Trinajstić information content (AvgIpc) is 2.19. The van der Waals surface area contributed by atoms with E-state index in [0.29, 0.717) is 5.56 Å². The number of carboxylic acids is 1. The predicted molar refractivity (Wildman–Crippen MR) is 64.3 cm³/mol. The van der Waals surface area contributed by atoms with Crippen LogP contribution in [-0.2, 0) is 21.3 Å². The molecule has 7 heteroatoms. The molecule has 0 saturated carbocycles. The summed E-state index contributed by atoms with van der Waals surface area (Å²) in [5.41, 5.74) is 5.84. The normalized spacial score (nSPS) is 12.1. The van der Waals surface area contributed by atoms with Gasteiger partial charge in [-0.3, -0.25) is 13.8 Å². The van der Waals surface area contributed by atoms with E-state index in [0.717, 1.165) is 0 Å². The van der Waals surface area contributed by atoms with Crippen LogP contribution in [0.5, 0.6) is 0 Å². The number of carbonyl (C=O) groups is 2. The number of carboxylic acid groups (broad SMARTS) is 1. The molecule has 0 radical (unpaired) electrons. The highest BCUT2D eigenvalue weighted by atomic mass is 35.5. The van der Waals surface area contributed by atoms with E-state index in [1.807, 2.05) is 0 Å². The Balaban J connectivity index is 2.83. The minimum absolute atomic E-state index is 0.0319. The lowest BCUT2D eigenvalue weighted by Gasteiger charge is -2.04. The number of benzene rings is 1. The lowest BCUT2D eigenvalue weighted by Crippen LogP contribution is -2.12. The molecule has 0 aliphatic carbocycles. The highest BCUT2D eigenvalue weighted by Gasteiger charge is 2.11. The van der Waals surface area contributed by atoms with Crippen LogP contribution in [0.25, 0.3) is 0 Å². The van der Waals surface area contributed by atoms with E-state index in [1.54, 1.807) is 0 Å². The number of halogens is 1. The van der Waals surface area contributed by atoms with Gasteiger partial charge in [-0.25, -0.2) is 0 Å². The second-order valence-corrected chi connectivity index (χ2v) is 5.16. The summed E-state index contributed by atoms with van der Waals surface area (Å²) in [5, 5.41) is 8.71. The summed E-state index contributed by atoms with van der Waals surface area (Å²) in [7, 11) is -1.53. The Bertz CT molecular complexity index is 489. The van der Waals surface area contributed by atoms with Crippen LogP contribution in [0.3, 0.4) is 0 Å². The maximum atomic E-state index is 11.4. The van der Waals surface area contributed by atoms with Gasteiger partial charge < -0.3 is 10.8 Å². The lowest BCUT2D eigenvalue weighted by molar-refractivity contribution is -0.133. The summed E-state index contributed by atoms with van der Waals surface area (Å²) in [6.45, 7) is 0. The third-order valence-corrected chi connectivity index (χ3v) is 3.49. The van der Waals surface area contributed by atoms with E-state index in [4.69, 9.17) is 22.4 Å². The molecular weight excluding hydrogens is 266 g/mol. The Morgan fingerprint density at radius 3 is 2.53 bits per heavy atom. The Hall–Kier alpha value is -1.40. The number of primary amides is 1. The highest BCUT2D eigenvalue weighted by molar-refractivity contribution is 7.84. The SMILES string of the molecule is NC(=O)c1ccc(CS(=O)CC(=O)O)c(Cl)c1. The van der Waals surface area contributed by atoms with Gasteiger partial charge >= 0.3 is 5.97 Å². The predicted octanol–water partition coefficient (Wildman–Crippen LogP) is 0.772. The molecule has 1 aromatic rings. The van der Waals surface area contributed by atoms with E-state index < -0.39 is 28.4 Å². The molecule has 92 valence electrons. The van der Waals surface area contributed by atoms with Crippen molar-refractivity contribution in [3.63, 3.8) is 0 Å². The third kappa shape index (κ3) is 4.16. The van der Waals surface area contributed by atoms with Crippen molar-refractivity contribution in [1.82, 2.24) is 0 Å². The smallest absolute Gasteiger partial charge is 0.316 e. The molecule has 1 aromatic carbocycles. The van der Waals surface area contributed by atoms with Gasteiger partial charge in [-0.15, -0.1) is 0 Å². The van der Waals surface area contributed by atoms with Crippen molar-refractivity contribution in [3.8, 4) is 0 Å². The first-order valence-corrected chi connectivity index (χ1v) is 6.41. The number of aliphatic carboxylic acids is 1. The zero-order chi connectivity index (χ0) is 13.0. The van der Waals surface area contributed by atoms with Crippen LogP contribution < -0.4 is 5.73 Å². The number of hydrogen-bond donors (Lipinski definition) is 2. The molecule has 1 atom stereocenters. The summed E-state index contributed by atoms with van der Waals surface area (Å²) in [5.74, 6) is -2.14. The third-order valence-electron chi connectivity index (χ3n) is 1.94. The van der Waals surface area contributed by atoms with Crippen LogP contribution in [0.4, 0.5) is 0 Å². The number of rotatable bonds is 5. The maximum Gasteiger partial charge on any atom is 0.316 e. The molecule has 17 heavy (non-hydrogen) atoms. The summed E-state index contributed by atoms with van der Waals surface area (Å²) in [4.78, 5) is 21.2.